The second-order valence-corrected chi connectivity index (χ2v) is 11.5. The summed E-state index contributed by atoms with van der Waals surface area (Å²) < 4.78 is 16.8. The van der Waals surface area contributed by atoms with Crippen LogP contribution in [-0.4, -0.2) is 80.7 Å². The number of cyclic esters (lactones) is 1. The highest BCUT2D eigenvalue weighted by Gasteiger charge is 2.53. The number of hydrogen-bond acceptors (Lipinski definition) is 9. The van der Waals surface area contributed by atoms with Gasteiger partial charge in [-0.05, 0) is 50.7 Å². The normalized spacial score (nSPS) is 34.7. The van der Waals surface area contributed by atoms with Gasteiger partial charge in [-0.1, -0.05) is 52.0 Å². The standard InChI is InChI=1S/C30H48O9/c1-8-23(33)20(5)27-28(39-27)29(35)30(7,36)15-9-10-18(3)26-19(4)12-14-24(37-21(6)31)17(2)11-13-22(32)16-25(34)38-26/h9-10,12,14-15,17,19-20,22-24,26-29,32-33,35-36H,8,11,13,16H2,1-7H3. The molecule has 0 radical (unpaired) electrons. The van der Waals surface area contributed by atoms with E-state index in [0.29, 0.717) is 24.8 Å². The molecule has 0 amide bonds. The van der Waals surface area contributed by atoms with E-state index in [1.165, 1.54) is 19.9 Å². The number of carbonyl (C=O) groups excluding carboxylic acids is 2. The highest BCUT2D eigenvalue weighted by Crippen LogP contribution is 2.38. The number of aliphatic hydroxyl groups is 4. The summed E-state index contributed by atoms with van der Waals surface area (Å²) in [6.45, 7) is 12.2. The molecule has 0 saturated carbocycles. The van der Waals surface area contributed by atoms with E-state index in [4.69, 9.17) is 14.2 Å². The van der Waals surface area contributed by atoms with Crippen molar-refractivity contribution >= 4 is 11.9 Å². The molecule has 0 spiro atoms. The van der Waals surface area contributed by atoms with Crippen LogP contribution in [0.1, 0.15) is 74.1 Å². The van der Waals surface area contributed by atoms with Gasteiger partial charge < -0.3 is 34.6 Å². The van der Waals surface area contributed by atoms with Crippen LogP contribution in [0.4, 0.5) is 0 Å². The van der Waals surface area contributed by atoms with E-state index in [-0.39, 0.29) is 30.3 Å². The van der Waals surface area contributed by atoms with Gasteiger partial charge in [0.15, 0.2) is 0 Å². The summed E-state index contributed by atoms with van der Waals surface area (Å²) in [6, 6.07) is 0. The highest BCUT2D eigenvalue weighted by molar-refractivity contribution is 5.70. The minimum atomic E-state index is -1.60. The summed E-state index contributed by atoms with van der Waals surface area (Å²) in [5.74, 6) is -1.40. The van der Waals surface area contributed by atoms with E-state index in [0.717, 1.165) is 0 Å². The minimum absolute atomic E-state index is 0.0441. The Balaban J connectivity index is 2.19. The van der Waals surface area contributed by atoms with Gasteiger partial charge in [0.25, 0.3) is 0 Å². The third kappa shape index (κ3) is 9.83. The van der Waals surface area contributed by atoms with Gasteiger partial charge in [0.05, 0.1) is 24.7 Å². The smallest absolute Gasteiger partial charge is 0.309 e. The minimum Gasteiger partial charge on any atom is -0.458 e. The number of carbonyl (C=O) groups is 2. The van der Waals surface area contributed by atoms with Gasteiger partial charge in [0.2, 0.25) is 0 Å². The van der Waals surface area contributed by atoms with Crippen molar-refractivity contribution < 1.29 is 44.2 Å². The lowest BCUT2D eigenvalue weighted by atomic mass is 9.89. The van der Waals surface area contributed by atoms with E-state index in [1.807, 2.05) is 33.8 Å². The number of hydrogen-bond donors (Lipinski definition) is 4. The molecule has 2 aliphatic rings. The summed E-state index contributed by atoms with van der Waals surface area (Å²) >= 11 is 0. The van der Waals surface area contributed by atoms with E-state index in [2.05, 4.69) is 0 Å². The van der Waals surface area contributed by atoms with Gasteiger partial charge in [0.1, 0.15) is 30.0 Å². The van der Waals surface area contributed by atoms with Crippen molar-refractivity contribution in [3.63, 3.8) is 0 Å². The Bertz CT molecular complexity index is 908. The van der Waals surface area contributed by atoms with Crippen molar-refractivity contribution in [2.45, 2.75) is 122 Å². The lowest BCUT2D eigenvalue weighted by Crippen LogP contribution is -2.42. The lowest BCUT2D eigenvalue weighted by Gasteiger charge is -2.27. The van der Waals surface area contributed by atoms with E-state index < -0.39 is 54.2 Å². The third-order valence-corrected chi connectivity index (χ3v) is 7.82. The molecular weight excluding hydrogens is 504 g/mol. The Labute approximate surface area is 232 Å². The predicted octanol–water partition coefficient (Wildman–Crippen LogP) is 2.99. The lowest BCUT2D eigenvalue weighted by molar-refractivity contribution is -0.151. The SMILES string of the molecule is CCC(O)C(C)C1OC1C(O)C(C)(O)C=CC=C(C)C1OC(=O)CC(O)CCC(C)C(OC(C)=O)C=CC1C. The summed E-state index contributed by atoms with van der Waals surface area (Å²) in [7, 11) is 0. The quantitative estimate of drug-likeness (QED) is 0.147. The molecule has 0 aliphatic carbocycles. The molecule has 9 heteroatoms. The van der Waals surface area contributed by atoms with Crippen LogP contribution in [0.25, 0.3) is 0 Å². The Kier molecular flexibility index (Phi) is 12.4. The molecule has 9 nitrogen and oxygen atoms in total. The van der Waals surface area contributed by atoms with Crippen LogP contribution in [0.3, 0.4) is 0 Å². The zero-order valence-corrected chi connectivity index (χ0v) is 24.3. The second kappa shape index (κ2) is 14.6. The molecule has 0 aromatic heterocycles. The first-order chi connectivity index (χ1) is 18.2. The maximum atomic E-state index is 12.6. The summed E-state index contributed by atoms with van der Waals surface area (Å²) in [5.41, 5.74) is -0.912. The molecule has 2 heterocycles. The molecule has 2 aliphatic heterocycles. The number of ether oxygens (including phenoxy) is 3. The van der Waals surface area contributed by atoms with Gasteiger partial charge in [-0.2, -0.15) is 0 Å². The third-order valence-electron chi connectivity index (χ3n) is 7.82. The van der Waals surface area contributed by atoms with Crippen LogP contribution in [-0.2, 0) is 23.8 Å². The molecule has 1 fully saturated rings. The van der Waals surface area contributed by atoms with Crippen LogP contribution in [0.5, 0.6) is 0 Å². The first-order valence-corrected chi connectivity index (χ1v) is 14.0. The Hall–Kier alpha value is -2.04. The van der Waals surface area contributed by atoms with Gasteiger partial charge >= 0.3 is 11.9 Å². The maximum absolute atomic E-state index is 12.6. The number of esters is 2. The van der Waals surface area contributed by atoms with Crippen LogP contribution >= 0.6 is 0 Å². The fourth-order valence-electron chi connectivity index (χ4n) is 4.97. The van der Waals surface area contributed by atoms with Gasteiger partial charge in [-0.25, -0.2) is 0 Å². The topological polar surface area (TPSA) is 146 Å². The van der Waals surface area contributed by atoms with Crippen molar-refractivity contribution in [1.82, 2.24) is 0 Å². The summed E-state index contributed by atoms with van der Waals surface area (Å²) in [5, 5.41) is 42.0. The van der Waals surface area contributed by atoms with E-state index >= 15 is 0 Å². The molecule has 39 heavy (non-hydrogen) atoms. The highest BCUT2D eigenvalue weighted by atomic mass is 16.6. The molecule has 0 aromatic rings. The monoisotopic (exact) mass is 552 g/mol. The van der Waals surface area contributed by atoms with Gasteiger partial charge in [0, 0.05) is 18.8 Å². The maximum Gasteiger partial charge on any atom is 0.309 e. The van der Waals surface area contributed by atoms with Crippen LogP contribution in [0, 0.1) is 17.8 Å². The van der Waals surface area contributed by atoms with Crippen molar-refractivity contribution in [3.05, 3.63) is 36.0 Å². The largest absolute Gasteiger partial charge is 0.458 e. The van der Waals surface area contributed by atoms with Gasteiger partial charge in [-0.15, -0.1) is 0 Å². The molecule has 1 saturated heterocycles. The Morgan fingerprint density at radius 2 is 1.87 bits per heavy atom. The molecule has 11 atom stereocenters. The Morgan fingerprint density at radius 3 is 2.49 bits per heavy atom. The van der Waals surface area contributed by atoms with Crippen molar-refractivity contribution in [1.29, 1.82) is 0 Å². The zero-order valence-electron chi connectivity index (χ0n) is 24.3. The van der Waals surface area contributed by atoms with E-state index in [9.17, 15) is 30.0 Å². The summed E-state index contributed by atoms with van der Waals surface area (Å²) in [4.78, 5) is 24.2. The van der Waals surface area contributed by atoms with Gasteiger partial charge in [-0.3, -0.25) is 9.59 Å². The molecule has 2 rings (SSSR count). The van der Waals surface area contributed by atoms with Crippen LogP contribution in [0.15, 0.2) is 36.0 Å². The second-order valence-electron chi connectivity index (χ2n) is 11.5. The van der Waals surface area contributed by atoms with Crippen LogP contribution < -0.4 is 0 Å². The molecule has 4 N–H and O–H groups in total. The van der Waals surface area contributed by atoms with E-state index in [1.54, 1.807) is 25.2 Å². The van der Waals surface area contributed by atoms with Crippen molar-refractivity contribution in [2.24, 2.45) is 17.8 Å². The molecule has 222 valence electrons. The number of rotatable bonds is 9. The first kappa shape index (κ1) is 33.2. The molecular formula is C30H48O9. The molecule has 0 bridgehead atoms. The van der Waals surface area contributed by atoms with Crippen molar-refractivity contribution in [2.75, 3.05) is 0 Å². The number of allylic oxidation sites excluding steroid dienone is 2. The number of epoxide rings is 1. The molecule has 0 aromatic carbocycles. The number of aliphatic hydroxyl groups excluding tert-OH is 3. The zero-order chi connectivity index (χ0) is 29.5. The average Bonchev–Trinajstić information content (AvgIpc) is 3.66. The molecule has 11 unspecified atom stereocenters. The fraction of sp³-hybridized carbons (Fsp3) is 0.733. The fourth-order valence-corrected chi connectivity index (χ4v) is 4.97. The average molecular weight is 553 g/mol. The predicted molar refractivity (Wildman–Crippen MR) is 146 cm³/mol. The van der Waals surface area contributed by atoms with Crippen LogP contribution in [0.2, 0.25) is 0 Å². The Morgan fingerprint density at radius 1 is 1.21 bits per heavy atom. The summed E-state index contributed by atoms with van der Waals surface area (Å²) in [6.07, 6.45) is 5.15. The van der Waals surface area contributed by atoms with Crippen molar-refractivity contribution in [3.8, 4) is 0 Å². The first-order valence-electron chi connectivity index (χ1n) is 14.0.